The minimum Gasteiger partial charge on any atom is -0.478 e. The van der Waals surface area contributed by atoms with Gasteiger partial charge in [0.1, 0.15) is 0 Å². The summed E-state index contributed by atoms with van der Waals surface area (Å²) in [6.45, 7) is 3.71. The Morgan fingerprint density at radius 2 is 2.12 bits per heavy atom. The molecule has 1 N–H and O–H groups in total. The SMILES string of the molecule is CC(C)Sc1c(C(=O)O)cccc1[N+](=O)[O-]. The first-order valence-electron chi connectivity index (χ1n) is 4.61. The third-order valence-corrected chi connectivity index (χ3v) is 2.91. The van der Waals surface area contributed by atoms with Crippen molar-refractivity contribution in [2.75, 3.05) is 0 Å². The smallest absolute Gasteiger partial charge is 0.337 e. The number of carboxylic acid groups (broad SMARTS) is 1. The lowest BCUT2D eigenvalue weighted by molar-refractivity contribution is -0.387. The molecule has 0 saturated carbocycles. The van der Waals surface area contributed by atoms with Crippen LogP contribution in [0, 0.1) is 10.1 Å². The van der Waals surface area contributed by atoms with Crippen molar-refractivity contribution >= 4 is 23.4 Å². The number of thioether (sulfide) groups is 1. The van der Waals surface area contributed by atoms with Crippen LogP contribution in [0.25, 0.3) is 0 Å². The molecule has 1 rings (SSSR count). The van der Waals surface area contributed by atoms with Gasteiger partial charge in [0.2, 0.25) is 0 Å². The fourth-order valence-corrected chi connectivity index (χ4v) is 2.21. The number of hydrogen-bond acceptors (Lipinski definition) is 4. The van der Waals surface area contributed by atoms with Gasteiger partial charge >= 0.3 is 5.97 Å². The molecule has 0 aliphatic carbocycles. The number of carboxylic acids is 1. The van der Waals surface area contributed by atoms with E-state index in [0.29, 0.717) is 0 Å². The lowest BCUT2D eigenvalue weighted by Crippen LogP contribution is -2.03. The Bertz CT molecular complexity index is 399. The number of nitrogens with zero attached hydrogens (tertiary/aromatic N) is 1. The zero-order valence-electron chi connectivity index (χ0n) is 8.84. The van der Waals surface area contributed by atoms with Crippen molar-refractivity contribution in [1.82, 2.24) is 0 Å². The molecule has 0 saturated heterocycles. The Labute approximate surface area is 96.6 Å². The van der Waals surface area contributed by atoms with Gasteiger partial charge in [-0.05, 0) is 6.07 Å². The first-order valence-corrected chi connectivity index (χ1v) is 5.48. The quantitative estimate of drug-likeness (QED) is 0.498. The van der Waals surface area contributed by atoms with Crippen molar-refractivity contribution in [3.05, 3.63) is 33.9 Å². The first kappa shape index (κ1) is 12.5. The summed E-state index contributed by atoms with van der Waals surface area (Å²) < 4.78 is 0. The predicted octanol–water partition coefficient (Wildman–Crippen LogP) is 2.79. The highest BCUT2D eigenvalue weighted by Crippen LogP contribution is 2.34. The summed E-state index contributed by atoms with van der Waals surface area (Å²) in [5, 5.41) is 19.8. The van der Waals surface area contributed by atoms with Gasteiger partial charge < -0.3 is 5.11 Å². The van der Waals surface area contributed by atoms with Gasteiger partial charge in [0.15, 0.2) is 0 Å². The van der Waals surface area contributed by atoms with Crippen LogP contribution in [-0.2, 0) is 0 Å². The highest BCUT2D eigenvalue weighted by molar-refractivity contribution is 8.00. The van der Waals surface area contributed by atoms with Gasteiger partial charge in [-0.1, -0.05) is 19.9 Å². The van der Waals surface area contributed by atoms with E-state index >= 15 is 0 Å². The second-order valence-electron chi connectivity index (χ2n) is 3.38. The Kier molecular flexibility index (Phi) is 3.89. The second-order valence-corrected chi connectivity index (χ2v) is 4.97. The normalized spacial score (nSPS) is 10.4. The number of nitro benzene ring substituents is 1. The van der Waals surface area contributed by atoms with Gasteiger partial charge in [0.05, 0.1) is 15.4 Å². The van der Waals surface area contributed by atoms with E-state index in [0.717, 1.165) is 0 Å². The lowest BCUT2D eigenvalue weighted by atomic mass is 10.2. The van der Waals surface area contributed by atoms with Gasteiger partial charge in [-0.25, -0.2) is 4.79 Å². The maximum Gasteiger partial charge on any atom is 0.337 e. The van der Waals surface area contributed by atoms with Crippen molar-refractivity contribution in [2.24, 2.45) is 0 Å². The van der Waals surface area contributed by atoms with E-state index in [1.54, 1.807) is 0 Å². The molecule has 0 amide bonds. The minimum atomic E-state index is -1.15. The van der Waals surface area contributed by atoms with Gasteiger partial charge in [0.25, 0.3) is 5.69 Å². The Hall–Kier alpha value is -1.56. The number of rotatable bonds is 4. The third-order valence-electron chi connectivity index (χ3n) is 1.77. The van der Waals surface area contributed by atoms with E-state index in [-0.39, 0.29) is 21.4 Å². The molecule has 5 nitrogen and oxygen atoms in total. The van der Waals surface area contributed by atoms with Crippen molar-refractivity contribution in [1.29, 1.82) is 0 Å². The molecule has 0 spiro atoms. The molecule has 0 radical (unpaired) electrons. The van der Waals surface area contributed by atoms with Crippen LogP contribution in [0.2, 0.25) is 0 Å². The summed E-state index contributed by atoms with van der Waals surface area (Å²) in [5.74, 6) is -1.15. The van der Waals surface area contributed by atoms with Crippen molar-refractivity contribution < 1.29 is 14.8 Å². The summed E-state index contributed by atoms with van der Waals surface area (Å²) in [6, 6.07) is 4.07. The summed E-state index contributed by atoms with van der Waals surface area (Å²) >= 11 is 1.19. The standard InChI is InChI=1S/C10H11NO4S/c1-6(2)16-9-7(10(12)13)4-3-5-8(9)11(14)15/h3-6H,1-2H3,(H,12,13). The maximum absolute atomic E-state index is 10.9. The molecule has 16 heavy (non-hydrogen) atoms. The van der Waals surface area contributed by atoms with Gasteiger partial charge in [-0.2, -0.15) is 0 Å². The van der Waals surface area contributed by atoms with Crippen molar-refractivity contribution in [3.63, 3.8) is 0 Å². The topological polar surface area (TPSA) is 80.4 Å². The lowest BCUT2D eigenvalue weighted by Gasteiger charge is -2.08. The first-order chi connectivity index (χ1) is 7.43. The molecule has 0 fully saturated rings. The third kappa shape index (κ3) is 2.73. The van der Waals surface area contributed by atoms with E-state index < -0.39 is 10.9 Å². The number of benzene rings is 1. The van der Waals surface area contributed by atoms with Crippen LogP contribution in [0.15, 0.2) is 23.1 Å². The van der Waals surface area contributed by atoms with E-state index in [1.165, 1.54) is 30.0 Å². The van der Waals surface area contributed by atoms with Crippen LogP contribution in [-0.4, -0.2) is 21.2 Å². The highest BCUT2D eigenvalue weighted by Gasteiger charge is 2.22. The molecule has 0 aliphatic heterocycles. The molecule has 0 heterocycles. The van der Waals surface area contributed by atoms with Crippen LogP contribution in [0.1, 0.15) is 24.2 Å². The number of hydrogen-bond donors (Lipinski definition) is 1. The molecular weight excluding hydrogens is 230 g/mol. The number of aromatic carboxylic acids is 1. The second kappa shape index (κ2) is 4.98. The molecule has 6 heteroatoms. The van der Waals surface area contributed by atoms with Crippen LogP contribution >= 0.6 is 11.8 Å². The molecule has 0 aliphatic rings. The Morgan fingerprint density at radius 1 is 1.50 bits per heavy atom. The molecule has 0 atom stereocenters. The van der Waals surface area contributed by atoms with Gasteiger partial charge in [0, 0.05) is 11.3 Å². The largest absolute Gasteiger partial charge is 0.478 e. The average Bonchev–Trinajstić information content (AvgIpc) is 2.16. The van der Waals surface area contributed by atoms with E-state index in [2.05, 4.69) is 0 Å². The molecule has 86 valence electrons. The Balaban J connectivity index is 3.34. The van der Waals surface area contributed by atoms with Crippen LogP contribution in [0.3, 0.4) is 0 Å². The zero-order valence-corrected chi connectivity index (χ0v) is 9.65. The summed E-state index contributed by atoms with van der Waals surface area (Å²) in [5.41, 5.74) is -0.175. The molecular formula is C10H11NO4S. The summed E-state index contributed by atoms with van der Waals surface area (Å²) in [6.07, 6.45) is 0. The van der Waals surface area contributed by atoms with Gasteiger partial charge in [-0.3, -0.25) is 10.1 Å². The number of nitro groups is 1. The van der Waals surface area contributed by atoms with E-state index in [9.17, 15) is 14.9 Å². The monoisotopic (exact) mass is 241 g/mol. The average molecular weight is 241 g/mol. The molecule has 0 unspecified atom stereocenters. The molecule has 0 bridgehead atoms. The van der Waals surface area contributed by atoms with Crippen LogP contribution in [0.5, 0.6) is 0 Å². The highest BCUT2D eigenvalue weighted by atomic mass is 32.2. The summed E-state index contributed by atoms with van der Waals surface area (Å²) in [7, 11) is 0. The van der Waals surface area contributed by atoms with E-state index in [1.807, 2.05) is 13.8 Å². The van der Waals surface area contributed by atoms with Crippen molar-refractivity contribution in [3.8, 4) is 0 Å². The van der Waals surface area contributed by atoms with Crippen LogP contribution in [0.4, 0.5) is 5.69 Å². The minimum absolute atomic E-state index is 0.0205. The Morgan fingerprint density at radius 3 is 2.56 bits per heavy atom. The fourth-order valence-electron chi connectivity index (χ4n) is 1.20. The molecule has 0 aromatic heterocycles. The van der Waals surface area contributed by atoms with Crippen LogP contribution < -0.4 is 0 Å². The fraction of sp³-hybridized carbons (Fsp3) is 0.300. The number of carbonyl (C=O) groups is 1. The van der Waals surface area contributed by atoms with E-state index in [4.69, 9.17) is 5.11 Å². The van der Waals surface area contributed by atoms with Crippen molar-refractivity contribution in [2.45, 2.75) is 24.0 Å². The molecule has 1 aromatic carbocycles. The predicted molar refractivity (Wildman–Crippen MR) is 61.0 cm³/mol. The zero-order chi connectivity index (χ0) is 12.3. The summed E-state index contributed by atoms with van der Waals surface area (Å²) in [4.78, 5) is 21.4. The molecule has 1 aromatic rings. The van der Waals surface area contributed by atoms with Gasteiger partial charge in [-0.15, -0.1) is 11.8 Å². The maximum atomic E-state index is 10.9.